The van der Waals surface area contributed by atoms with Crippen molar-refractivity contribution in [3.05, 3.63) is 16.8 Å². The summed E-state index contributed by atoms with van der Waals surface area (Å²) < 4.78 is 0. The number of rotatable bonds is 5. The molecule has 1 fully saturated rings. The summed E-state index contributed by atoms with van der Waals surface area (Å²) in [5.41, 5.74) is 9.39. The number of thiocarbonyl (C=S) groups is 1. The molecule has 0 radical (unpaired) electrons. The van der Waals surface area contributed by atoms with Crippen molar-refractivity contribution >= 4 is 23.0 Å². The Morgan fingerprint density at radius 1 is 1.33 bits per heavy atom. The van der Waals surface area contributed by atoms with Crippen LogP contribution in [-0.4, -0.2) is 21.2 Å². The fraction of sp³-hybridized carbons (Fsp3) is 0.688. The molecule has 0 amide bonds. The van der Waals surface area contributed by atoms with Crippen LogP contribution in [0, 0.1) is 5.41 Å². The number of hydrogen-bond donors (Lipinski definition) is 2. The lowest BCUT2D eigenvalue weighted by Crippen LogP contribution is -2.24. The highest BCUT2D eigenvalue weighted by Crippen LogP contribution is 2.38. The predicted molar refractivity (Wildman–Crippen MR) is 91.7 cm³/mol. The molecule has 1 aromatic rings. The summed E-state index contributed by atoms with van der Waals surface area (Å²) in [6.45, 7) is 8.82. The van der Waals surface area contributed by atoms with Crippen LogP contribution in [0.15, 0.2) is 0 Å². The lowest BCUT2D eigenvalue weighted by atomic mass is 9.92. The molecule has 21 heavy (non-hydrogen) atoms. The van der Waals surface area contributed by atoms with Gasteiger partial charge in [-0.3, -0.25) is 0 Å². The highest BCUT2D eigenvalue weighted by atomic mass is 32.1. The fourth-order valence-electron chi connectivity index (χ4n) is 3.29. The van der Waals surface area contributed by atoms with Gasteiger partial charge in [0.2, 0.25) is 0 Å². The number of aromatic nitrogens is 2. The largest absolute Gasteiger partial charge is 0.389 e. The summed E-state index contributed by atoms with van der Waals surface area (Å²) in [4.78, 5) is 0.413. The second-order valence-electron chi connectivity index (χ2n) is 6.67. The molecule has 2 rings (SSSR count). The molecule has 1 aliphatic carbocycles. The van der Waals surface area contributed by atoms with Crippen molar-refractivity contribution < 1.29 is 0 Å². The Hall–Kier alpha value is -1.23. The third-order valence-corrected chi connectivity index (χ3v) is 4.61. The maximum atomic E-state index is 5.97. The van der Waals surface area contributed by atoms with E-state index in [1.54, 1.807) is 0 Å². The first-order valence-electron chi connectivity index (χ1n) is 7.82. The summed E-state index contributed by atoms with van der Waals surface area (Å²) in [5, 5.41) is 12.3. The molecule has 1 aromatic heterocycles. The zero-order chi connectivity index (χ0) is 15.6. The summed E-state index contributed by atoms with van der Waals surface area (Å²) in [7, 11) is 0. The first-order chi connectivity index (χ1) is 9.88. The minimum absolute atomic E-state index is 0.394. The molecule has 4 nitrogen and oxygen atoms in total. The monoisotopic (exact) mass is 306 g/mol. The molecule has 5 heteroatoms. The normalized spacial score (nSPS) is 20.5. The summed E-state index contributed by atoms with van der Waals surface area (Å²) >= 11 is 5.27. The third kappa shape index (κ3) is 3.51. The van der Waals surface area contributed by atoms with Gasteiger partial charge in [-0.1, -0.05) is 39.9 Å². The van der Waals surface area contributed by atoms with Crippen LogP contribution >= 0.6 is 12.2 Å². The van der Waals surface area contributed by atoms with Gasteiger partial charge in [0.05, 0.1) is 11.3 Å². The van der Waals surface area contributed by atoms with Crippen molar-refractivity contribution in [1.82, 2.24) is 10.2 Å². The van der Waals surface area contributed by atoms with E-state index in [0.29, 0.717) is 16.4 Å². The van der Waals surface area contributed by atoms with Gasteiger partial charge in [0.15, 0.2) is 5.82 Å². The van der Waals surface area contributed by atoms with E-state index in [4.69, 9.17) is 18.0 Å². The van der Waals surface area contributed by atoms with Gasteiger partial charge in [0, 0.05) is 6.04 Å². The van der Waals surface area contributed by atoms with Gasteiger partial charge in [0.1, 0.15) is 4.99 Å². The summed E-state index contributed by atoms with van der Waals surface area (Å²) in [5.74, 6) is 0.763. The number of aryl methyl sites for hydroxylation is 1. The van der Waals surface area contributed by atoms with Crippen LogP contribution in [0.2, 0.25) is 0 Å². The van der Waals surface area contributed by atoms with E-state index < -0.39 is 0 Å². The van der Waals surface area contributed by atoms with Crippen molar-refractivity contribution in [3.8, 4) is 0 Å². The Kier molecular flexibility index (Phi) is 4.81. The van der Waals surface area contributed by atoms with E-state index in [-0.39, 0.29) is 0 Å². The van der Waals surface area contributed by atoms with Gasteiger partial charge in [-0.05, 0) is 43.1 Å². The van der Waals surface area contributed by atoms with Gasteiger partial charge >= 0.3 is 0 Å². The Labute approximate surface area is 132 Å². The first kappa shape index (κ1) is 16.1. The van der Waals surface area contributed by atoms with E-state index in [9.17, 15) is 0 Å². The maximum Gasteiger partial charge on any atom is 0.159 e. The molecule has 0 aliphatic heterocycles. The topological polar surface area (TPSA) is 63.8 Å². The smallest absolute Gasteiger partial charge is 0.159 e. The third-order valence-electron chi connectivity index (χ3n) is 4.40. The standard InChI is InChI=1S/C16H26N4S/c1-5-11-12(6-2)19-20-15(13(11)14(17)21)18-10-7-8-16(3,4)9-10/h10H,5-9H2,1-4H3,(H2,17,21)(H,18,20). The number of nitrogens with one attached hydrogen (secondary N) is 1. The summed E-state index contributed by atoms with van der Waals surface area (Å²) in [6, 6.07) is 0.430. The molecule has 0 saturated heterocycles. The summed E-state index contributed by atoms with van der Waals surface area (Å²) in [6.07, 6.45) is 5.25. The zero-order valence-corrected chi connectivity index (χ0v) is 14.3. The molecule has 0 spiro atoms. The van der Waals surface area contributed by atoms with E-state index in [1.807, 2.05) is 0 Å². The second-order valence-corrected chi connectivity index (χ2v) is 7.11. The quantitative estimate of drug-likeness (QED) is 0.818. The van der Waals surface area contributed by atoms with Crippen molar-refractivity contribution in [3.63, 3.8) is 0 Å². The minimum Gasteiger partial charge on any atom is -0.389 e. The fourth-order valence-corrected chi connectivity index (χ4v) is 3.51. The van der Waals surface area contributed by atoms with Crippen LogP contribution in [0.4, 0.5) is 5.82 Å². The van der Waals surface area contributed by atoms with Crippen LogP contribution in [-0.2, 0) is 12.8 Å². The molecule has 116 valence electrons. The van der Waals surface area contributed by atoms with Crippen molar-refractivity contribution in [2.75, 3.05) is 5.32 Å². The Morgan fingerprint density at radius 2 is 2.05 bits per heavy atom. The van der Waals surface area contributed by atoms with Gasteiger partial charge in [-0.15, -0.1) is 5.10 Å². The highest BCUT2D eigenvalue weighted by molar-refractivity contribution is 7.80. The predicted octanol–water partition coefficient (Wildman–Crippen LogP) is 3.23. The van der Waals surface area contributed by atoms with Gasteiger partial charge in [-0.25, -0.2) is 0 Å². The number of nitrogens with zero attached hydrogens (tertiary/aromatic N) is 2. The van der Waals surface area contributed by atoms with Crippen molar-refractivity contribution in [1.29, 1.82) is 0 Å². The minimum atomic E-state index is 0.394. The molecule has 0 bridgehead atoms. The van der Waals surface area contributed by atoms with Crippen molar-refractivity contribution in [2.45, 2.75) is 65.8 Å². The van der Waals surface area contributed by atoms with Crippen LogP contribution < -0.4 is 11.1 Å². The van der Waals surface area contributed by atoms with Crippen LogP contribution in [0.3, 0.4) is 0 Å². The molecule has 0 aromatic carbocycles. The van der Waals surface area contributed by atoms with E-state index in [1.165, 1.54) is 6.42 Å². The Morgan fingerprint density at radius 3 is 2.52 bits per heavy atom. The zero-order valence-electron chi connectivity index (χ0n) is 13.5. The number of anilines is 1. The van der Waals surface area contributed by atoms with Gasteiger partial charge < -0.3 is 11.1 Å². The second kappa shape index (κ2) is 6.26. The Bertz CT molecular complexity index is 539. The number of nitrogens with two attached hydrogens (primary N) is 1. The molecule has 1 atom stereocenters. The van der Waals surface area contributed by atoms with Crippen LogP contribution in [0.1, 0.15) is 63.8 Å². The average Bonchev–Trinajstić information content (AvgIpc) is 2.76. The highest BCUT2D eigenvalue weighted by Gasteiger charge is 2.31. The molecule has 1 unspecified atom stereocenters. The molecule has 1 heterocycles. The molecule has 3 N–H and O–H groups in total. The lowest BCUT2D eigenvalue weighted by molar-refractivity contribution is 0.378. The number of hydrogen-bond acceptors (Lipinski definition) is 4. The molecule has 1 saturated carbocycles. The van der Waals surface area contributed by atoms with Gasteiger partial charge in [0.25, 0.3) is 0 Å². The van der Waals surface area contributed by atoms with E-state index in [2.05, 4.69) is 43.2 Å². The van der Waals surface area contributed by atoms with Gasteiger partial charge in [-0.2, -0.15) is 5.10 Å². The van der Waals surface area contributed by atoms with Crippen LogP contribution in [0.5, 0.6) is 0 Å². The average molecular weight is 306 g/mol. The molecule has 1 aliphatic rings. The molecular weight excluding hydrogens is 280 g/mol. The molecular formula is C16H26N4S. The van der Waals surface area contributed by atoms with Crippen LogP contribution in [0.25, 0.3) is 0 Å². The lowest BCUT2D eigenvalue weighted by Gasteiger charge is -2.20. The van der Waals surface area contributed by atoms with E-state index in [0.717, 1.165) is 48.3 Å². The maximum absolute atomic E-state index is 5.97. The van der Waals surface area contributed by atoms with E-state index >= 15 is 0 Å². The first-order valence-corrected chi connectivity index (χ1v) is 8.23. The SMILES string of the molecule is CCc1nnc(NC2CCC(C)(C)C2)c(C(N)=S)c1CC. The van der Waals surface area contributed by atoms with Crippen molar-refractivity contribution in [2.24, 2.45) is 11.1 Å². The Balaban J connectivity index is 2.33.